The van der Waals surface area contributed by atoms with Crippen molar-refractivity contribution in [3.63, 3.8) is 0 Å². The second-order valence-corrected chi connectivity index (χ2v) is 4.56. The Morgan fingerprint density at radius 2 is 1.94 bits per heavy atom. The van der Waals surface area contributed by atoms with Crippen molar-refractivity contribution in [2.24, 2.45) is 0 Å². The van der Waals surface area contributed by atoms with Crippen LogP contribution < -0.4 is 4.74 Å². The molecule has 0 saturated carbocycles. The van der Waals surface area contributed by atoms with Crippen molar-refractivity contribution in [3.8, 4) is 5.75 Å². The summed E-state index contributed by atoms with van der Waals surface area (Å²) in [4.78, 5) is 0. The summed E-state index contributed by atoms with van der Waals surface area (Å²) in [6.45, 7) is 7.36. The molecule has 1 atom stereocenters. The van der Waals surface area contributed by atoms with Crippen LogP contribution in [0, 0.1) is 0 Å². The molecule has 102 valence electrons. The molecular formula is C15H24O3. The molecule has 0 radical (unpaired) electrons. The summed E-state index contributed by atoms with van der Waals surface area (Å²) in [5.74, 6) is 0.774. The van der Waals surface area contributed by atoms with Crippen LogP contribution in [0.5, 0.6) is 5.75 Å². The quantitative estimate of drug-likeness (QED) is 0.721. The van der Waals surface area contributed by atoms with Crippen molar-refractivity contribution >= 4 is 0 Å². The Hall–Kier alpha value is -1.06. The van der Waals surface area contributed by atoms with Gasteiger partial charge in [-0.25, -0.2) is 0 Å². The molecule has 0 amide bonds. The molecule has 0 fully saturated rings. The molecule has 1 rings (SSSR count). The molecule has 0 aliphatic rings. The average molecular weight is 252 g/mol. The largest absolute Gasteiger partial charge is 0.491 e. The van der Waals surface area contributed by atoms with Crippen molar-refractivity contribution in [2.45, 2.75) is 45.8 Å². The molecule has 3 nitrogen and oxygen atoms in total. The van der Waals surface area contributed by atoms with Gasteiger partial charge in [0.05, 0.1) is 12.2 Å². The van der Waals surface area contributed by atoms with Crippen LogP contribution in [0.25, 0.3) is 0 Å². The lowest BCUT2D eigenvalue weighted by Crippen LogP contribution is -2.09. The van der Waals surface area contributed by atoms with E-state index in [1.165, 1.54) is 0 Å². The van der Waals surface area contributed by atoms with Crippen LogP contribution in [-0.2, 0) is 4.74 Å². The zero-order chi connectivity index (χ0) is 13.4. The molecule has 0 saturated heterocycles. The monoisotopic (exact) mass is 252 g/mol. The topological polar surface area (TPSA) is 38.7 Å². The van der Waals surface area contributed by atoms with E-state index in [1.807, 2.05) is 45.0 Å². The fraction of sp³-hybridized carbons (Fsp3) is 0.600. The first kappa shape index (κ1) is 15.0. The van der Waals surface area contributed by atoms with Gasteiger partial charge in [-0.15, -0.1) is 0 Å². The van der Waals surface area contributed by atoms with Gasteiger partial charge >= 0.3 is 0 Å². The van der Waals surface area contributed by atoms with Crippen molar-refractivity contribution in [3.05, 3.63) is 29.8 Å². The fourth-order valence-corrected chi connectivity index (χ4v) is 1.80. The summed E-state index contributed by atoms with van der Waals surface area (Å²) in [5, 5.41) is 10.2. The summed E-state index contributed by atoms with van der Waals surface area (Å²) in [6.07, 6.45) is 1.17. The van der Waals surface area contributed by atoms with E-state index in [-0.39, 0.29) is 6.10 Å². The van der Waals surface area contributed by atoms with Gasteiger partial charge in [0.25, 0.3) is 0 Å². The van der Waals surface area contributed by atoms with E-state index < -0.39 is 6.10 Å². The van der Waals surface area contributed by atoms with Gasteiger partial charge in [0.2, 0.25) is 0 Å². The van der Waals surface area contributed by atoms with E-state index in [0.29, 0.717) is 13.0 Å². The molecule has 0 aliphatic heterocycles. The highest BCUT2D eigenvalue weighted by Gasteiger charge is 2.13. The molecular weight excluding hydrogens is 228 g/mol. The third-order valence-corrected chi connectivity index (χ3v) is 2.61. The Morgan fingerprint density at radius 3 is 2.61 bits per heavy atom. The summed E-state index contributed by atoms with van der Waals surface area (Å²) in [7, 11) is 0. The number of aliphatic hydroxyl groups is 1. The molecule has 0 heterocycles. The summed E-state index contributed by atoms with van der Waals surface area (Å²) in [5.41, 5.74) is 0.864. The predicted molar refractivity (Wildman–Crippen MR) is 72.9 cm³/mol. The van der Waals surface area contributed by atoms with Gasteiger partial charge < -0.3 is 14.6 Å². The second-order valence-electron chi connectivity index (χ2n) is 4.56. The fourth-order valence-electron chi connectivity index (χ4n) is 1.80. The molecule has 1 N–H and O–H groups in total. The molecule has 0 aromatic heterocycles. The zero-order valence-electron chi connectivity index (χ0n) is 11.6. The highest BCUT2D eigenvalue weighted by molar-refractivity contribution is 5.35. The Bertz CT molecular complexity index is 336. The summed E-state index contributed by atoms with van der Waals surface area (Å²) in [6, 6.07) is 7.67. The number of para-hydroxylation sites is 1. The van der Waals surface area contributed by atoms with E-state index in [2.05, 4.69) is 0 Å². The first-order chi connectivity index (χ1) is 8.65. The Morgan fingerprint density at radius 1 is 1.22 bits per heavy atom. The number of rotatable bonds is 8. The lowest BCUT2D eigenvalue weighted by molar-refractivity contribution is 0.112. The van der Waals surface area contributed by atoms with Crippen molar-refractivity contribution in [1.82, 2.24) is 0 Å². The Labute approximate surface area is 110 Å². The third kappa shape index (κ3) is 5.07. The maximum absolute atomic E-state index is 10.2. The first-order valence-electron chi connectivity index (χ1n) is 6.66. The van der Waals surface area contributed by atoms with E-state index >= 15 is 0 Å². The van der Waals surface area contributed by atoms with Gasteiger partial charge in [-0.2, -0.15) is 0 Å². The maximum Gasteiger partial charge on any atom is 0.125 e. The van der Waals surface area contributed by atoms with E-state index in [0.717, 1.165) is 24.3 Å². The lowest BCUT2D eigenvalue weighted by Gasteiger charge is -2.18. The number of hydrogen-bond acceptors (Lipinski definition) is 3. The molecule has 18 heavy (non-hydrogen) atoms. The summed E-state index contributed by atoms with van der Waals surface area (Å²) < 4.78 is 11.0. The normalized spacial score (nSPS) is 12.7. The zero-order valence-corrected chi connectivity index (χ0v) is 11.6. The third-order valence-electron chi connectivity index (χ3n) is 2.61. The lowest BCUT2D eigenvalue weighted by atomic mass is 10.0. The van der Waals surface area contributed by atoms with Crippen molar-refractivity contribution in [1.29, 1.82) is 0 Å². The Kier molecular flexibility index (Phi) is 6.76. The van der Waals surface area contributed by atoms with Crippen molar-refractivity contribution < 1.29 is 14.6 Å². The molecule has 3 heteroatoms. The van der Waals surface area contributed by atoms with Crippen LogP contribution in [-0.4, -0.2) is 24.4 Å². The highest BCUT2D eigenvalue weighted by Crippen LogP contribution is 2.28. The molecule has 0 aliphatic carbocycles. The van der Waals surface area contributed by atoms with Crippen molar-refractivity contribution in [2.75, 3.05) is 13.2 Å². The van der Waals surface area contributed by atoms with Gasteiger partial charge in [0.1, 0.15) is 5.75 Å². The molecule has 0 bridgehead atoms. The first-order valence-corrected chi connectivity index (χ1v) is 6.66. The standard InChI is InChI=1S/C15H24O3/c1-4-17-11-7-9-14(16)13-8-5-6-10-15(13)18-12(2)3/h5-6,8,10,12,14,16H,4,7,9,11H2,1-3H3. The van der Waals surface area contributed by atoms with E-state index in [9.17, 15) is 5.11 Å². The number of benzene rings is 1. The maximum atomic E-state index is 10.2. The van der Waals surface area contributed by atoms with Crippen LogP contribution in [0.1, 0.15) is 45.3 Å². The van der Waals surface area contributed by atoms with Gasteiger partial charge in [-0.1, -0.05) is 18.2 Å². The smallest absolute Gasteiger partial charge is 0.125 e. The molecule has 1 unspecified atom stereocenters. The number of aliphatic hydroxyl groups excluding tert-OH is 1. The van der Waals surface area contributed by atoms with Crippen LogP contribution >= 0.6 is 0 Å². The molecule has 1 aromatic carbocycles. The minimum atomic E-state index is -0.486. The van der Waals surface area contributed by atoms with Gasteiger partial charge in [0.15, 0.2) is 0 Å². The second kappa shape index (κ2) is 8.11. The van der Waals surface area contributed by atoms with Crippen LogP contribution in [0.15, 0.2) is 24.3 Å². The SMILES string of the molecule is CCOCCCC(O)c1ccccc1OC(C)C. The van der Waals surface area contributed by atoms with E-state index in [4.69, 9.17) is 9.47 Å². The minimum Gasteiger partial charge on any atom is -0.491 e. The number of ether oxygens (including phenoxy) is 2. The van der Waals surface area contributed by atoms with Crippen LogP contribution in [0.2, 0.25) is 0 Å². The highest BCUT2D eigenvalue weighted by atomic mass is 16.5. The predicted octanol–water partition coefficient (Wildman–Crippen LogP) is 3.32. The summed E-state index contributed by atoms with van der Waals surface area (Å²) >= 11 is 0. The van der Waals surface area contributed by atoms with Gasteiger partial charge in [0, 0.05) is 18.8 Å². The van der Waals surface area contributed by atoms with Crippen LogP contribution in [0.4, 0.5) is 0 Å². The average Bonchev–Trinajstić information content (AvgIpc) is 2.34. The minimum absolute atomic E-state index is 0.113. The number of hydrogen-bond donors (Lipinski definition) is 1. The van der Waals surface area contributed by atoms with Gasteiger partial charge in [-0.05, 0) is 39.7 Å². The van der Waals surface area contributed by atoms with Gasteiger partial charge in [-0.3, -0.25) is 0 Å². The Balaban J connectivity index is 2.57. The molecule has 1 aromatic rings. The molecule has 0 spiro atoms. The van der Waals surface area contributed by atoms with E-state index in [1.54, 1.807) is 0 Å². The van der Waals surface area contributed by atoms with Crippen LogP contribution in [0.3, 0.4) is 0 Å².